The van der Waals surface area contributed by atoms with E-state index in [2.05, 4.69) is 38.4 Å². The summed E-state index contributed by atoms with van der Waals surface area (Å²) in [5.41, 5.74) is 8.64. The van der Waals surface area contributed by atoms with Gasteiger partial charge >= 0.3 is 0 Å². The summed E-state index contributed by atoms with van der Waals surface area (Å²) < 4.78 is 2.94. The minimum atomic E-state index is 0.437. The van der Waals surface area contributed by atoms with Crippen LogP contribution in [0.5, 0.6) is 0 Å². The van der Waals surface area contributed by atoms with Crippen molar-refractivity contribution < 1.29 is 0 Å². The van der Waals surface area contributed by atoms with Crippen molar-refractivity contribution in [3.05, 3.63) is 45.7 Å². The van der Waals surface area contributed by atoms with E-state index in [1.807, 2.05) is 23.7 Å². The van der Waals surface area contributed by atoms with Crippen molar-refractivity contribution in [2.75, 3.05) is 0 Å². The summed E-state index contributed by atoms with van der Waals surface area (Å²) >= 11 is 3.41. The van der Waals surface area contributed by atoms with Gasteiger partial charge in [-0.15, -0.1) is 5.10 Å². The molecular formula is C11H13BrN4. The molecule has 0 aliphatic heterocycles. The molecule has 0 fully saturated rings. The molecule has 5 heteroatoms. The van der Waals surface area contributed by atoms with Gasteiger partial charge in [0, 0.05) is 11.0 Å². The van der Waals surface area contributed by atoms with Crippen LogP contribution in [0.25, 0.3) is 0 Å². The summed E-state index contributed by atoms with van der Waals surface area (Å²) in [6.07, 6.45) is 0. The van der Waals surface area contributed by atoms with Crippen LogP contribution in [0.15, 0.2) is 28.7 Å². The molecule has 1 aromatic carbocycles. The van der Waals surface area contributed by atoms with Crippen LogP contribution in [0.1, 0.15) is 17.0 Å². The fourth-order valence-corrected chi connectivity index (χ4v) is 1.76. The van der Waals surface area contributed by atoms with Gasteiger partial charge in [-0.1, -0.05) is 33.3 Å². The molecule has 0 spiro atoms. The molecule has 16 heavy (non-hydrogen) atoms. The van der Waals surface area contributed by atoms with Crippen LogP contribution in [-0.2, 0) is 13.1 Å². The molecule has 0 atom stereocenters. The Bertz CT molecular complexity index is 475. The van der Waals surface area contributed by atoms with Gasteiger partial charge in [0.2, 0.25) is 0 Å². The normalized spacial score (nSPS) is 10.7. The number of nitrogens with zero attached hydrogens (tertiary/aromatic N) is 3. The molecule has 2 aromatic rings. The molecule has 0 saturated heterocycles. The molecule has 0 saturated carbocycles. The Morgan fingerprint density at radius 1 is 1.31 bits per heavy atom. The van der Waals surface area contributed by atoms with Crippen LogP contribution >= 0.6 is 15.9 Å². The van der Waals surface area contributed by atoms with Crippen LogP contribution in [0.2, 0.25) is 0 Å². The molecule has 0 unspecified atom stereocenters. The Kier molecular flexibility index (Phi) is 3.36. The lowest BCUT2D eigenvalue weighted by molar-refractivity contribution is 0.633. The van der Waals surface area contributed by atoms with Gasteiger partial charge in [0.15, 0.2) is 0 Å². The highest BCUT2D eigenvalue weighted by Crippen LogP contribution is 2.12. The van der Waals surface area contributed by atoms with E-state index in [0.29, 0.717) is 6.54 Å². The zero-order valence-corrected chi connectivity index (χ0v) is 10.6. The van der Waals surface area contributed by atoms with Crippen molar-refractivity contribution in [2.45, 2.75) is 20.0 Å². The highest BCUT2D eigenvalue weighted by Gasteiger charge is 2.06. The molecular weight excluding hydrogens is 268 g/mol. The topological polar surface area (TPSA) is 56.7 Å². The maximum atomic E-state index is 5.56. The molecule has 1 heterocycles. The first kappa shape index (κ1) is 11.3. The summed E-state index contributed by atoms with van der Waals surface area (Å²) in [4.78, 5) is 0. The van der Waals surface area contributed by atoms with Gasteiger partial charge < -0.3 is 5.73 Å². The van der Waals surface area contributed by atoms with Gasteiger partial charge in [0.1, 0.15) is 0 Å². The Morgan fingerprint density at radius 2 is 2.00 bits per heavy atom. The molecule has 2 rings (SSSR count). The lowest BCUT2D eigenvalue weighted by atomic mass is 10.2. The Hall–Kier alpha value is -1.20. The lowest BCUT2D eigenvalue weighted by Gasteiger charge is -2.03. The highest BCUT2D eigenvalue weighted by molar-refractivity contribution is 9.10. The van der Waals surface area contributed by atoms with Gasteiger partial charge in [-0.25, -0.2) is 4.68 Å². The van der Waals surface area contributed by atoms with Gasteiger partial charge in [-0.3, -0.25) is 0 Å². The monoisotopic (exact) mass is 280 g/mol. The standard InChI is InChI=1S/C11H13BrN4/c1-8-11(6-13)14-15-16(8)7-9-2-4-10(12)5-3-9/h2-5H,6-7,13H2,1H3. The van der Waals surface area contributed by atoms with E-state index in [1.165, 1.54) is 5.56 Å². The summed E-state index contributed by atoms with van der Waals surface area (Å²) in [7, 11) is 0. The van der Waals surface area contributed by atoms with E-state index in [0.717, 1.165) is 22.4 Å². The fraction of sp³-hybridized carbons (Fsp3) is 0.273. The van der Waals surface area contributed by atoms with Crippen molar-refractivity contribution in [3.8, 4) is 0 Å². The van der Waals surface area contributed by atoms with Crippen molar-refractivity contribution in [1.82, 2.24) is 15.0 Å². The molecule has 84 valence electrons. The summed E-state index contributed by atoms with van der Waals surface area (Å²) in [5, 5.41) is 8.11. The third-order valence-electron chi connectivity index (χ3n) is 2.52. The average Bonchev–Trinajstić information content (AvgIpc) is 2.63. The van der Waals surface area contributed by atoms with Crippen molar-refractivity contribution in [3.63, 3.8) is 0 Å². The SMILES string of the molecule is Cc1c(CN)nnn1Cc1ccc(Br)cc1. The van der Waals surface area contributed by atoms with Crippen LogP contribution < -0.4 is 5.73 Å². The van der Waals surface area contributed by atoms with Crippen LogP contribution in [0.4, 0.5) is 0 Å². The fourth-order valence-electron chi connectivity index (χ4n) is 1.50. The molecule has 0 radical (unpaired) electrons. The van der Waals surface area contributed by atoms with E-state index in [9.17, 15) is 0 Å². The first-order valence-corrected chi connectivity index (χ1v) is 5.83. The highest BCUT2D eigenvalue weighted by atomic mass is 79.9. The molecule has 2 N–H and O–H groups in total. The Labute approximate surface area is 103 Å². The molecule has 4 nitrogen and oxygen atoms in total. The minimum absolute atomic E-state index is 0.437. The molecule has 0 aliphatic carbocycles. The predicted molar refractivity (Wildman–Crippen MR) is 65.9 cm³/mol. The number of halogens is 1. The van der Waals surface area contributed by atoms with Gasteiger partial charge in [0.05, 0.1) is 17.9 Å². The second-order valence-corrected chi connectivity index (χ2v) is 4.53. The molecule has 0 amide bonds. The van der Waals surface area contributed by atoms with Crippen molar-refractivity contribution in [2.24, 2.45) is 5.73 Å². The third kappa shape index (κ3) is 2.31. The largest absolute Gasteiger partial charge is 0.325 e. The summed E-state index contributed by atoms with van der Waals surface area (Å²) in [6, 6.07) is 8.16. The second-order valence-electron chi connectivity index (χ2n) is 3.61. The predicted octanol–water partition coefficient (Wildman–Crippen LogP) is 1.86. The lowest BCUT2D eigenvalue weighted by Crippen LogP contribution is -2.05. The van der Waals surface area contributed by atoms with Gasteiger partial charge in [0.25, 0.3) is 0 Å². The first-order chi connectivity index (χ1) is 7.70. The summed E-state index contributed by atoms with van der Waals surface area (Å²) in [6.45, 7) is 3.15. The summed E-state index contributed by atoms with van der Waals surface area (Å²) in [5.74, 6) is 0. The zero-order chi connectivity index (χ0) is 11.5. The number of benzene rings is 1. The molecule has 1 aromatic heterocycles. The maximum absolute atomic E-state index is 5.56. The minimum Gasteiger partial charge on any atom is -0.325 e. The van der Waals surface area contributed by atoms with E-state index >= 15 is 0 Å². The van der Waals surface area contributed by atoms with Crippen LogP contribution in [-0.4, -0.2) is 15.0 Å². The molecule has 0 aliphatic rings. The average molecular weight is 281 g/mol. The first-order valence-electron chi connectivity index (χ1n) is 5.04. The van der Waals surface area contributed by atoms with E-state index < -0.39 is 0 Å². The van der Waals surface area contributed by atoms with Crippen molar-refractivity contribution >= 4 is 15.9 Å². The number of aromatic nitrogens is 3. The Morgan fingerprint density at radius 3 is 2.56 bits per heavy atom. The van der Waals surface area contributed by atoms with E-state index in [-0.39, 0.29) is 0 Å². The van der Waals surface area contributed by atoms with Gasteiger partial charge in [-0.05, 0) is 24.6 Å². The number of hydrogen-bond acceptors (Lipinski definition) is 3. The van der Waals surface area contributed by atoms with E-state index in [4.69, 9.17) is 5.73 Å². The van der Waals surface area contributed by atoms with Crippen LogP contribution in [0, 0.1) is 6.92 Å². The van der Waals surface area contributed by atoms with Crippen LogP contribution in [0.3, 0.4) is 0 Å². The van der Waals surface area contributed by atoms with Crippen molar-refractivity contribution in [1.29, 1.82) is 0 Å². The Balaban J connectivity index is 2.20. The second kappa shape index (κ2) is 4.76. The third-order valence-corrected chi connectivity index (χ3v) is 3.05. The zero-order valence-electron chi connectivity index (χ0n) is 9.02. The maximum Gasteiger partial charge on any atom is 0.0991 e. The van der Waals surface area contributed by atoms with Gasteiger partial charge in [-0.2, -0.15) is 0 Å². The van der Waals surface area contributed by atoms with E-state index in [1.54, 1.807) is 0 Å². The number of hydrogen-bond donors (Lipinski definition) is 1. The smallest absolute Gasteiger partial charge is 0.0991 e. The number of nitrogens with two attached hydrogens (primary N) is 1. The quantitative estimate of drug-likeness (QED) is 0.934. The number of rotatable bonds is 3. The molecule has 0 bridgehead atoms.